The van der Waals surface area contributed by atoms with Gasteiger partial charge in [-0.05, 0) is 12.1 Å². The van der Waals surface area contributed by atoms with Crippen LogP contribution in [0, 0.1) is 0 Å². The van der Waals surface area contributed by atoms with E-state index in [0.29, 0.717) is 11.0 Å². The molecule has 78 valence electrons. The smallest absolute Gasteiger partial charge is 0.143 e. The third kappa shape index (κ3) is 1.44. The van der Waals surface area contributed by atoms with Crippen molar-refractivity contribution < 1.29 is 0 Å². The highest BCUT2D eigenvalue weighted by Gasteiger charge is 2.05. The summed E-state index contributed by atoms with van der Waals surface area (Å²) in [6.45, 7) is 0. The van der Waals surface area contributed by atoms with Crippen molar-refractivity contribution in [1.82, 2.24) is 19.5 Å². The summed E-state index contributed by atoms with van der Waals surface area (Å²) in [6.07, 6.45) is 3.16. The Bertz CT molecular complexity index is 647. The largest absolute Gasteiger partial charge is 0.283 e. The molecule has 1 aromatic carbocycles. The molecule has 4 nitrogen and oxygen atoms in total. The van der Waals surface area contributed by atoms with Gasteiger partial charge in [0.25, 0.3) is 0 Å². The predicted molar refractivity (Wildman–Crippen MR) is 61.7 cm³/mol. The molecule has 0 fully saturated rings. The fourth-order valence-electron chi connectivity index (χ4n) is 1.60. The van der Waals surface area contributed by atoms with Crippen LogP contribution in [0.3, 0.4) is 0 Å². The van der Waals surface area contributed by atoms with E-state index in [-0.39, 0.29) is 0 Å². The number of hydrogen-bond donors (Lipinski definition) is 0. The van der Waals surface area contributed by atoms with Gasteiger partial charge in [0.15, 0.2) is 0 Å². The molecule has 0 amide bonds. The van der Waals surface area contributed by atoms with Gasteiger partial charge < -0.3 is 0 Å². The van der Waals surface area contributed by atoms with E-state index in [4.69, 9.17) is 11.6 Å². The molecule has 2 aromatic heterocycles. The van der Waals surface area contributed by atoms with Crippen molar-refractivity contribution in [2.75, 3.05) is 0 Å². The number of para-hydroxylation sites is 2. The summed E-state index contributed by atoms with van der Waals surface area (Å²) >= 11 is 5.83. The summed E-state index contributed by atoms with van der Waals surface area (Å²) in [6, 6.07) is 9.55. The molecule has 0 aliphatic carbocycles. The van der Waals surface area contributed by atoms with Crippen LogP contribution < -0.4 is 0 Å². The molecule has 0 saturated carbocycles. The average molecular weight is 231 g/mol. The first kappa shape index (κ1) is 9.30. The molecule has 5 heteroatoms. The maximum absolute atomic E-state index is 5.83. The molecule has 0 N–H and O–H groups in total. The quantitative estimate of drug-likeness (QED) is 0.603. The van der Waals surface area contributed by atoms with Gasteiger partial charge in [0.05, 0.1) is 11.0 Å². The molecule has 0 radical (unpaired) electrons. The average Bonchev–Trinajstić information content (AvgIpc) is 2.72. The number of benzene rings is 1. The molecule has 3 aromatic rings. The Labute approximate surface area is 96.6 Å². The van der Waals surface area contributed by atoms with E-state index in [0.717, 1.165) is 11.0 Å². The predicted octanol–water partition coefficient (Wildman–Crippen LogP) is 2.47. The van der Waals surface area contributed by atoms with Crippen molar-refractivity contribution in [1.29, 1.82) is 0 Å². The van der Waals surface area contributed by atoms with Crippen molar-refractivity contribution in [3.05, 3.63) is 48.1 Å². The van der Waals surface area contributed by atoms with Crippen LogP contribution in [-0.4, -0.2) is 19.5 Å². The Balaban J connectivity index is 2.26. The van der Waals surface area contributed by atoms with Crippen molar-refractivity contribution in [3.63, 3.8) is 0 Å². The number of hydrogen-bond acceptors (Lipinski definition) is 3. The van der Waals surface area contributed by atoms with Gasteiger partial charge in [-0.3, -0.25) is 4.57 Å². The first-order valence-electron chi connectivity index (χ1n) is 4.74. The number of rotatable bonds is 1. The lowest BCUT2D eigenvalue weighted by Crippen LogP contribution is -1.95. The number of halogens is 1. The second-order valence-electron chi connectivity index (χ2n) is 3.30. The second kappa shape index (κ2) is 3.57. The minimum absolute atomic E-state index is 0.419. The lowest BCUT2D eigenvalue weighted by atomic mass is 10.3. The molecule has 0 aliphatic heterocycles. The molecule has 0 atom stereocenters. The highest BCUT2D eigenvalue weighted by molar-refractivity contribution is 6.29. The maximum atomic E-state index is 5.83. The topological polar surface area (TPSA) is 43.6 Å². The van der Waals surface area contributed by atoms with E-state index < -0.39 is 0 Å². The molecular formula is C11H7ClN4. The van der Waals surface area contributed by atoms with Gasteiger partial charge in [0.2, 0.25) is 0 Å². The normalized spacial score (nSPS) is 10.8. The number of imidazole rings is 1. The highest BCUT2D eigenvalue weighted by Crippen LogP contribution is 2.17. The highest BCUT2D eigenvalue weighted by atomic mass is 35.5. The van der Waals surface area contributed by atoms with Gasteiger partial charge in [0, 0.05) is 6.07 Å². The first-order chi connectivity index (χ1) is 7.84. The molecule has 16 heavy (non-hydrogen) atoms. The molecule has 3 rings (SSSR count). The van der Waals surface area contributed by atoms with E-state index in [1.807, 2.05) is 28.8 Å². The van der Waals surface area contributed by atoms with Crippen molar-refractivity contribution in [2.45, 2.75) is 0 Å². The van der Waals surface area contributed by atoms with Gasteiger partial charge in [0.1, 0.15) is 23.6 Å². The lowest BCUT2D eigenvalue weighted by molar-refractivity contribution is 0.995. The zero-order chi connectivity index (χ0) is 11.0. The van der Waals surface area contributed by atoms with Crippen LogP contribution in [0.25, 0.3) is 16.9 Å². The first-order valence-corrected chi connectivity index (χ1v) is 5.12. The molecule has 0 saturated heterocycles. The van der Waals surface area contributed by atoms with E-state index in [2.05, 4.69) is 15.0 Å². The minimum atomic E-state index is 0.419. The Morgan fingerprint density at radius 2 is 1.94 bits per heavy atom. The van der Waals surface area contributed by atoms with E-state index in [1.54, 1.807) is 12.4 Å². The Morgan fingerprint density at radius 1 is 1.06 bits per heavy atom. The lowest BCUT2D eigenvalue weighted by Gasteiger charge is -2.02. The standard InChI is InChI=1S/C11H7ClN4/c12-10-5-11(14-6-13-10)16-7-15-8-3-1-2-4-9(8)16/h1-7H. The molecule has 2 heterocycles. The van der Waals surface area contributed by atoms with E-state index in [1.165, 1.54) is 6.33 Å². The molecular weight excluding hydrogens is 224 g/mol. The van der Waals surface area contributed by atoms with Gasteiger partial charge in [-0.25, -0.2) is 15.0 Å². The molecule has 0 aliphatic rings. The zero-order valence-corrected chi connectivity index (χ0v) is 8.96. The van der Waals surface area contributed by atoms with Crippen LogP contribution in [-0.2, 0) is 0 Å². The fraction of sp³-hybridized carbons (Fsp3) is 0. The SMILES string of the molecule is Clc1cc(-n2cnc3ccccc32)ncn1. The van der Waals surface area contributed by atoms with Crippen molar-refractivity contribution in [3.8, 4) is 5.82 Å². The van der Waals surface area contributed by atoms with Crippen LogP contribution in [0.1, 0.15) is 0 Å². The molecule has 0 bridgehead atoms. The Hall–Kier alpha value is -1.94. The Morgan fingerprint density at radius 3 is 2.81 bits per heavy atom. The zero-order valence-electron chi connectivity index (χ0n) is 8.21. The van der Waals surface area contributed by atoms with E-state index in [9.17, 15) is 0 Å². The van der Waals surface area contributed by atoms with Crippen LogP contribution in [0.15, 0.2) is 43.0 Å². The maximum Gasteiger partial charge on any atom is 0.143 e. The van der Waals surface area contributed by atoms with Gasteiger partial charge in [-0.2, -0.15) is 0 Å². The summed E-state index contributed by atoms with van der Waals surface area (Å²) in [7, 11) is 0. The van der Waals surface area contributed by atoms with Crippen LogP contribution in [0.4, 0.5) is 0 Å². The third-order valence-corrected chi connectivity index (χ3v) is 2.53. The monoisotopic (exact) mass is 230 g/mol. The summed E-state index contributed by atoms with van der Waals surface area (Å²) in [5.74, 6) is 0.716. The van der Waals surface area contributed by atoms with Gasteiger partial charge >= 0.3 is 0 Å². The number of fused-ring (bicyclic) bond motifs is 1. The summed E-state index contributed by atoms with van der Waals surface area (Å²) < 4.78 is 1.88. The van der Waals surface area contributed by atoms with Gasteiger partial charge in [-0.1, -0.05) is 23.7 Å². The second-order valence-corrected chi connectivity index (χ2v) is 3.69. The third-order valence-electron chi connectivity index (χ3n) is 2.32. The van der Waals surface area contributed by atoms with Gasteiger partial charge in [-0.15, -0.1) is 0 Å². The fourth-order valence-corrected chi connectivity index (χ4v) is 1.74. The molecule has 0 unspecified atom stereocenters. The van der Waals surface area contributed by atoms with Crippen molar-refractivity contribution in [2.24, 2.45) is 0 Å². The Kier molecular flexibility index (Phi) is 2.08. The summed E-state index contributed by atoms with van der Waals surface area (Å²) in [5, 5.41) is 0.419. The van der Waals surface area contributed by atoms with Crippen LogP contribution in [0.2, 0.25) is 5.15 Å². The minimum Gasteiger partial charge on any atom is -0.283 e. The van der Waals surface area contributed by atoms with Crippen LogP contribution in [0.5, 0.6) is 0 Å². The number of aromatic nitrogens is 4. The van der Waals surface area contributed by atoms with Crippen LogP contribution >= 0.6 is 11.6 Å². The van der Waals surface area contributed by atoms with Crippen molar-refractivity contribution >= 4 is 22.6 Å². The summed E-state index contributed by atoms with van der Waals surface area (Å²) in [5.41, 5.74) is 1.93. The number of nitrogens with zero attached hydrogens (tertiary/aromatic N) is 4. The molecule has 0 spiro atoms. The summed E-state index contributed by atoms with van der Waals surface area (Å²) in [4.78, 5) is 12.3. The van der Waals surface area contributed by atoms with E-state index >= 15 is 0 Å².